The minimum atomic E-state index is -0.217. The van der Waals surface area contributed by atoms with Crippen LogP contribution in [0.3, 0.4) is 0 Å². The molecule has 0 bridgehead atoms. The summed E-state index contributed by atoms with van der Waals surface area (Å²) in [4.78, 5) is 6.86. The number of aryl methyl sites for hydroxylation is 2. The molecule has 1 saturated heterocycles. The van der Waals surface area contributed by atoms with Crippen LogP contribution in [0.25, 0.3) is 0 Å². The third-order valence-electron chi connectivity index (χ3n) is 4.75. The van der Waals surface area contributed by atoms with Gasteiger partial charge in [-0.1, -0.05) is 18.0 Å². The molecule has 0 unspecified atom stereocenters. The molecular formula is C18H23ClFN3. The van der Waals surface area contributed by atoms with Gasteiger partial charge in [-0.15, -0.1) is 0 Å². The van der Waals surface area contributed by atoms with Crippen molar-refractivity contribution >= 4 is 11.6 Å². The Morgan fingerprint density at radius 3 is 3.00 bits per heavy atom. The number of hydrogen-bond donors (Lipinski definition) is 0. The van der Waals surface area contributed by atoms with Gasteiger partial charge in [0.25, 0.3) is 0 Å². The average Bonchev–Trinajstić information content (AvgIpc) is 2.95. The number of halogens is 2. The first-order valence-corrected chi connectivity index (χ1v) is 8.65. The largest absolute Gasteiger partial charge is 0.338 e. The van der Waals surface area contributed by atoms with Crippen molar-refractivity contribution in [1.82, 2.24) is 14.5 Å². The fourth-order valence-corrected chi connectivity index (χ4v) is 3.59. The fourth-order valence-electron chi connectivity index (χ4n) is 3.41. The first kappa shape index (κ1) is 16.5. The molecule has 5 heteroatoms. The average molecular weight is 336 g/mol. The summed E-state index contributed by atoms with van der Waals surface area (Å²) in [5, 5.41) is 0.653. The highest BCUT2D eigenvalue weighted by molar-refractivity contribution is 6.31. The zero-order valence-corrected chi connectivity index (χ0v) is 14.3. The first-order valence-electron chi connectivity index (χ1n) is 8.27. The summed E-state index contributed by atoms with van der Waals surface area (Å²) in [6.45, 7) is 1.78. The molecule has 1 aromatic carbocycles. The molecule has 124 valence electrons. The molecule has 0 spiro atoms. The molecule has 23 heavy (non-hydrogen) atoms. The Labute approximate surface area is 142 Å². The lowest BCUT2D eigenvalue weighted by atomic mass is 9.97. The van der Waals surface area contributed by atoms with Crippen molar-refractivity contribution in [2.24, 2.45) is 7.05 Å². The van der Waals surface area contributed by atoms with Gasteiger partial charge in [-0.3, -0.25) is 4.90 Å². The highest BCUT2D eigenvalue weighted by Gasteiger charge is 2.23. The maximum absolute atomic E-state index is 13.5. The van der Waals surface area contributed by atoms with Gasteiger partial charge in [-0.05, 0) is 49.6 Å². The van der Waals surface area contributed by atoms with E-state index in [-0.39, 0.29) is 5.82 Å². The SMILES string of the molecule is Cn1ccnc1CC[C@@H]1CCCCN1Cc1cc(F)ccc1Cl. The molecule has 2 heterocycles. The summed E-state index contributed by atoms with van der Waals surface area (Å²) >= 11 is 6.24. The monoisotopic (exact) mass is 335 g/mol. The molecule has 3 rings (SSSR count). The van der Waals surface area contributed by atoms with Gasteiger partial charge in [0.05, 0.1) is 0 Å². The summed E-state index contributed by atoms with van der Waals surface area (Å²) < 4.78 is 15.6. The van der Waals surface area contributed by atoms with Crippen LogP contribution in [-0.2, 0) is 20.0 Å². The number of nitrogens with zero attached hydrogens (tertiary/aromatic N) is 3. The molecule has 1 fully saturated rings. The van der Waals surface area contributed by atoms with Gasteiger partial charge in [-0.25, -0.2) is 9.37 Å². The Morgan fingerprint density at radius 2 is 2.22 bits per heavy atom. The van der Waals surface area contributed by atoms with Crippen LogP contribution in [0.1, 0.15) is 37.1 Å². The lowest BCUT2D eigenvalue weighted by Gasteiger charge is -2.36. The van der Waals surface area contributed by atoms with Crippen LogP contribution in [0.2, 0.25) is 5.02 Å². The van der Waals surface area contributed by atoms with Crippen molar-refractivity contribution in [2.45, 2.75) is 44.7 Å². The quantitative estimate of drug-likeness (QED) is 0.816. The summed E-state index contributed by atoms with van der Waals surface area (Å²) in [5.41, 5.74) is 0.885. The Kier molecular flexibility index (Phi) is 5.34. The molecule has 0 aliphatic carbocycles. The molecule has 1 aliphatic heterocycles. The van der Waals surface area contributed by atoms with Gasteiger partial charge in [-0.2, -0.15) is 0 Å². The lowest BCUT2D eigenvalue weighted by Crippen LogP contribution is -2.39. The van der Waals surface area contributed by atoms with Gasteiger partial charge < -0.3 is 4.57 Å². The van der Waals surface area contributed by atoms with Crippen LogP contribution in [0.4, 0.5) is 4.39 Å². The maximum Gasteiger partial charge on any atom is 0.123 e. The second-order valence-electron chi connectivity index (χ2n) is 6.35. The predicted molar refractivity (Wildman–Crippen MR) is 91.0 cm³/mol. The molecule has 0 saturated carbocycles. The summed E-state index contributed by atoms with van der Waals surface area (Å²) in [6.07, 6.45) is 9.54. The van der Waals surface area contributed by atoms with Crippen LogP contribution >= 0.6 is 11.6 Å². The molecular weight excluding hydrogens is 313 g/mol. The van der Waals surface area contributed by atoms with E-state index < -0.39 is 0 Å². The molecule has 2 aromatic rings. The van der Waals surface area contributed by atoms with E-state index in [1.54, 1.807) is 12.1 Å². The van der Waals surface area contributed by atoms with E-state index in [0.29, 0.717) is 11.1 Å². The Hall–Kier alpha value is -1.39. The topological polar surface area (TPSA) is 21.1 Å². The second kappa shape index (κ2) is 7.45. The standard InChI is InChI=1S/C18H23ClFN3/c1-22-11-9-21-18(22)8-6-16-4-2-3-10-23(16)13-14-12-15(20)5-7-17(14)19/h5,7,9,11-12,16H,2-4,6,8,10,13H2,1H3/t16-/m0/s1. The zero-order chi connectivity index (χ0) is 16.2. The van der Waals surface area contributed by atoms with Crippen molar-refractivity contribution in [3.8, 4) is 0 Å². The first-order chi connectivity index (χ1) is 11.1. The van der Waals surface area contributed by atoms with E-state index in [1.165, 1.54) is 25.3 Å². The van der Waals surface area contributed by atoms with E-state index in [1.807, 2.05) is 19.4 Å². The Bertz CT molecular complexity index is 655. The molecule has 0 N–H and O–H groups in total. The Balaban J connectivity index is 1.66. The molecule has 1 aliphatic rings. The van der Waals surface area contributed by atoms with E-state index in [0.717, 1.165) is 37.3 Å². The van der Waals surface area contributed by atoms with Crippen molar-refractivity contribution in [3.05, 3.63) is 52.8 Å². The lowest BCUT2D eigenvalue weighted by molar-refractivity contribution is 0.131. The number of piperidine rings is 1. The van der Waals surface area contributed by atoms with E-state index in [9.17, 15) is 4.39 Å². The van der Waals surface area contributed by atoms with Crippen molar-refractivity contribution in [1.29, 1.82) is 0 Å². The summed E-state index contributed by atoms with van der Waals surface area (Å²) in [7, 11) is 2.04. The van der Waals surface area contributed by atoms with Crippen molar-refractivity contribution in [2.75, 3.05) is 6.54 Å². The van der Waals surface area contributed by atoms with E-state index in [2.05, 4.69) is 14.5 Å². The summed E-state index contributed by atoms with van der Waals surface area (Å²) in [5.74, 6) is 0.908. The van der Waals surface area contributed by atoms with Crippen molar-refractivity contribution < 1.29 is 4.39 Å². The van der Waals surface area contributed by atoms with Crippen LogP contribution in [-0.4, -0.2) is 27.0 Å². The van der Waals surface area contributed by atoms with E-state index >= 15 is 0 Å². The molecule has 0 amide bonds. The van der Waals surface area contributed by atoms with Gasteiger partial charge >= 0.3 is 0 Å². The van der Waals surface area contributed by atoms with Gasteiger partial charge in [0.15, 0.2) is 0 Å². The molecule has 1 atom stereocenters. The van der Waals surface area contributed by atoms with Crippen LogP contribution in [0.15, 0.2) is 30.6 Å². The van der Waals surface area contributed by atoms with Crippen LogP contribution < -0.4 is 0 Å². The number of benzene rings is 1. The number of aromatic nitrogens is 2. The molecule has 0 radical (unpaired) electrons. The minimum Gasteiger partial charge on any atom is -0.338 e. The molecule has 1 aromatic heterocycles. The van der Waals surface area contributed by atoms with Crippen LogP contribution in [0.5, 0.6) is 0 Å². The normalized spacial score (nSPS) is 19.2. The maximum atomic E-state index is 13.5. The van der Waals surface area contributed by atoms with Gasteiger partial charge in [0.2, 0.25) is 0 Å². The highest BCUT2D eigenvalue weighted by atomic mass is 35.5. The second-order valence-corrected chi connectivity index (χ2v) is 6.76. The third kappa shape index (κ3) is 4.12. The molecule has 3 nitrogen and oxygen atoms in total. The zero-order valence-electron chi connectivity index (χ0n) is 13.5. The van der Waals surface area contributed by atoms with Gasteiger partial charge in [0, 0.05) is 43.5 Å². The van der Waals surface area contributed by atoms with Crippen LogP contribution in [0, 0.1) is 5.82 Å². The number of rotatable bonds is 5. The Morgan fingerprint density at radius 1 is 1.35 bits per heavy atom. The van der Waals surface area contributed by atoms with Crippen molar-refractivity contribution in [3.63, 3.8) is 0 Å². The highest BCUT2D eigenvalue weighted by Crippen LogP contribution is 2.26. The summed E-state index contributed by atoms with van der Waals surface area (Å²) in [6, 6.07) is 5.15. The number of likely N-dealkylation sites (tertiary alicyclic amines) is 1. The van der Waals surface area contributed by atoms with Gasteiger partial charge in [0.1, 0.15) is 11.6 Å². The number of imidazole rings is 1. The smallest absolute Gasteiger partial charge is 0.123 e. The van der Waals surface area contributed by atoms with E-state index in [4.69, 9.17) is 11.6 Å². The fraction of sp³-hybridized carbons (Fsp3) is 0.500. The minimum absolute atomic E-state index is 0.217. The third-order valence-corrected chi connectivity index (χ3v) is 5.12. The number of hydrogen-bond acceptors (Lipinski definition) is 2. The predicted octanol–water partition coefficient (Wildman–Crippen LogP) is 4.20.